The molecule has 0 heterocycles. The zero-order chi connectivity index (χ0) is 11.1. The van der Waals surface area contributed by atoms with E-state index in [2.05, 4.69) is 52.7 Å². The van der Waals surface area contributed by atoms with Crippen LogP contribution >= 0.6 is 40.1 Å². The molecule has 0 aromatic carbocycles. The Morgan fingerprint density at radius 3 is 2.18 bits per heavy atom. The van der Waals surface area contributed by atoms with Crippen molar-refractivity contribution in [1.29, 1.82) is 0 Å². The quantitative estimate of drug-likeness (QED) is 0.428. The summed E-state index contributed by atoms with van der Waals surface area (Å²) < 4.78 is 1.61. The van der Waals surface area contributed by atoms with Gasteiger partial charge in [-0.3, -0.25) is 0 Å². The van der Waals surface area contributed by atoms with Crippen LogP contribution in [0.1, 0.15) is 12.8 Å². The summed E-state index contributed by atoms with van der Waals surface area (Å²) in [5.41, 5.74) is 3.12. The summed E-state index contributed by atoms with van der Waals surface area (Å²) in [4.78, 5) is 0. The summed E-state index contributed by atoms with van der Waals surface area (Å²) in [5, 5.41) is 1.59. The van der Waals surface area contributed by atoms with Gasteiger partial charge in [-0.15, -0.1) is 24.8 Å². The van der Waals surface area contributed by atoms with Crippen LogP contribution in [0.2, 0.25) is 13.1 Å². The largest absolute Gasteiger partial charge is 0.147 e. The van der Waals surface area contributed by atoms with Crippen molar-refractivity contribution in [2.24, 2.45) is 0 Å². The van der Waals surface area contributed by atoms with Gasteiger partial charge in [0.2, 0.25) is 0 Å². The first-order valence-electron chi connectivity index (χ1n) is 5.21. The average molecular weight is 430 g/mol. The summed E-state index contributed by atoms with van der Waals surface area (Å²) in [7, 11) is 0. The molecule has 0 saturated heterocycles. The van der Waals surface area contributed by atoms with E-state index in [0.717, 1.165) is 6.42 Å². The number of hydrogen-bond donors (Lipinski definition) is 0. The van der Waals surface area contributed by atoms with Crippen LogP contribution in [0.5, 0.6) is 0 Å². The molecule has 17 heavy (non-hydrogen) atoms. The number of halogens is 3. The summed E-state index contributed by atoms with van der Waals surface area (Å²) in [5.74, 6) is 0. The van der Waals surface area contributed by atoms with Gasteiger partial charge >= 0.3 is 117 Å². The summed E-state index contributed by atoms with van der Waals surface area (Å²) in [6, 6.07) is 0. The van der Waals surface area contributed by atoms with Gasteiger partial charge < -0.3 is 0 Å². The van der Waals surface area contributed by atoms with Gasteiger partial charge in [0.05, 0.1) is 0 Å². The third-order valence-corrected chi connectivity index (χ3v) is 7.02. The van der Waals surface area contributed by atoms with Crippen LogP contribution in [-0.2, 0) is 24.7 Å². The van der Waals surface area contributed by atoms with Crippen LogP contribution in [-0.4, -0.2) is 6.69 Å². The molecule has 2 aliphatic carbocycles. The van der Waals surface area contributed by atoms with E-state index in [1.807, 2.05) is 0 Å². The van der Waals surface area contributed by atoms with E-state index in [1.165, 1.54) is 12.0 Å². The molecule has 0 nitrogen and oxygen atoms in total. The van der Waals surface area contributed by atoms with Gasteiger partial charge in [0.25, 0.3) is 0 Å². The van der Waals surface area contributed by atoms with Crippen LogP contribution in [0.4, 0.5) is 0 Å². The van der Waals surface area contributed by atoms with E-state index in [0.29, 0.717) is 0 Å². The molecular formula is C12H16BrCl2SiZr. The maximum Gasteiger partial charge on any atom is -0.147 e. The molecule has 93 valence electrons. The Bertz CT molecular complexity index is 417. The first kappa shape index (κ1) is 18.1. The van der Waals surface area contributed by atoms with Crippen molar-refractivity contribution in [3.63, 3.8) is 0 Å². The van der Waals surface area contributed by atoms with E-state index >= 15 is 0 Å². The summed E-state index contributed by atoms with van der Waals surface area (Å²) >= 11 is 5.48. The fourth-order valence-corrected chi connectivity index (χ4v) is 5.55. The number of allylic oxidation sites excluding steroid dienone is 8. The van der Waals surface area contributed by atoms with Crippen molar-refractivity contribution in [3.8, 4) is 0 Å². The topological polar surface area (TPSA) is 0 Å². The predicted octanol–water partition coefficient (Wildman–Crippen LogP) is 4.99. The van der Waals surface area contributed by atoms with Gasteiger partial charge in [0.1, 0.15) is 0 Å². The van der Waals surface area contributed by atoms with Crippen LogP contribution in [0.15, 0.2) is 43.9 Å². The molecule has 0 unspecified atom stereocenters. The molecule has 0 radical (unpaired) electrons. The maximum absolute atomic E-state index is 3.90. The minimum Gasteiger partial charge on any atom is -0.147 e. The van der Waals surface area contributed by atoms with Crippen LogP contribution in [0.3, 0.4) is 0 Å². The van der Waals surface area contributed by atoms with Gasteiger partial charge in [-0.2, -0.15) is 0 Å². The Morgan fingerprint density at radius 2 is 1.71 bits per heavy atom. The third-order valence-electron chi connectivity index (χ3n) is 2.83. The van der Waals surface area contributed by atoms with Gasteiger partial charge in [0, 0.05) is 0 Å². The number of hydrogen-bond acceptors (Lipinski definition) is 0. The Labute approximate surface area is 140 Å². The van der Waals surface area contributed by atoms with Crippen molar-refractivity contribution < 1.29 is 24.7 Å². The Morgan fingerprint density at radius 1 is 1.12 bits per heavy atom. The van der Waals surface area contributed by atoms with Crippen LogP contribution in [0.25, 0.3) is 0 Å². The van der Waals surface area contributed by atoms with E-state index in [9.17, 15) is 0 Å². The second kappa shape index (κ2) is 7.05. The molecule has 0 amide bonds. The molecular weight excluding hydrogens is 414 g/mol. The molecule has 2 aliphatic rings. The van der Waals surface area contributed by atoms with E-state index in [-0.39, 0.29) is 24.8 Å². The van der Waals surface area contributed by atoms with Crippen molar-refractivity contribution in [3.05, 3.63) is 43.9 Å². The molecule has 0 aromatic heterocycles. The molecule has 0 atom stereocenters. The van der Waals surface area contributed by atoms with Gasteiger partial charge in [0.15, 0.2) is 0 Å². The summed E-state index contributed by atoms with van der Waals surface area (Å²) in [6.45, 7) is 3.39. The minimum absolute atomic E-state index is 0. The molecule has 2 rings (SSSR count). The van der Waals surface area contributed by atoms with E-state index in [1.54, 1.807) is 38.8 Å². The number of rotatable bonds is 2. The Kier molecular flexibility index (Phi) is 7.51. The first-order chi connectivity index (χ1) is 7.00. The molecule has 0 bridgehead atoms. The fraction of sp³-hybridized carbons (Fsp3) is 0.333. The Balaban J connectivity index is 0.00000128. The molecule has 0 aromatic rings. The zero-order valence-electron chi connectivity index (χ0n) is 9.92. The van der Waals surface area contributed by atoms with Crippen molar-refractivity contribution in [2.75, 3.05) is 0 Å². The molecule has 0 fully saturated rings. The van der Waals surface area contributed by atoms with E-state index in [4.69, 9.17) is 0 Å². The van der Waals surface area contributed by atoms with Gasteiger partial charge in [-0.25, -0.2) is 0 Å². The standard InChI is InChI=1S/C12H14BrSi.2ClH.Zr/c1-14(2,13)12-9-5-8-11(12)10-6-3-4-7-10;;;/h3,5-6,9H,4,8H2,1-2H3;2*1H;. The molecule has 0 spiro atoms. The van der Waals surface area contributed by atoms with Crippen LogP contribution in [0, 0.1) is 0 Å². The minimum atomic E-state index is -1.34. The second-order valence-corrected chi connectivity index (χ2v) is 15.4. The van der Waals surface area contributed by atoms with Crippen molar-refractivity contribution in [1.82, 2.24) is 0 Å². The van der Waals surface area contributed by atoms with Gasteiger partial charge in [-0.1, -0.05) is 0 Å². The van der Waals surface area contributed by atoms with Gasteiger partial charge in [-0.05, 0) is 0 Å². The SMILES string of the molecule is C[Si](C)(Br)C1=C(C2=[C]([Zr])CC=C2)CC=C1.Cl.Cl. The molecule has 0 saturated carbocycles. The normalized spacial score (nSPS) is 18.5. The van der Waals surface area contributed by atoms with Crippen LogP contribution < -0.4 is 0 Å². The average Bonchev–Trinajstić information content (AvgIpc) is 2.69. The Hall–Kier alpha value is 1.12. The fourth-order valence-electron chi connectivity index (χ4n) is 2.11. The monoisotopic (exact) mass is 427 g/mol. The maximum atomic E-state index is 3.90. The molecule has 5 heteroatoms. The predicted molar refractivity (Wildman–Crippen MR) is 82.5 cm³/mol. The second-order valence-electron chi connectivity index (χ2n) is 4.47. The van der Waals surface area contributed by atoms with Crippen molar-refractivity contribution >= 4 is 46.8 Å². The smallest absolute Gasteiger partial charge is 0.147 e. The zero-order valence-corrected chi connectivity index (χ0v) is 16.6. The van der Waals surface area contributed by atoms with E-state index < -0.39 is 6.69 Å². The molecule has 0 N–H and O–H groups in total. The first-order valence-corrected chi connectivity index (χ1v) is 11.7. The van der Waals surface area contributed by atoms with Crippen molar-refractivity contribution in [2.45, 2.75) is 25.9 Å². The summed E-state index contributed by atoms with van der Waals surface area (Å²) in [6.07, 6.45) is 11.6. The third kappa shape index (κ3) is 4.04. The molecule has 0 aliphatic heterocycles.